The molecule has 0 aromatic carbocycles. The zero-order valence-electron chi connectivity index (χ0n) is 16.3. The van der Waals surface area contributed by atoms with Gasteiger partial charge in [0.2, 0.25) is 0 Å². The molecule has 0 radical (unpaired) electrons. The minimum Gasteiger partial charge on any atom is -0.394 e. The molecule has 0 bridgehead atoms. The quantitative estimate of drug-likeness (QED) is 0.689. The van der Waals surface area contributed by atoms with E-state index in [2.05, 4.69) is 25.4 Å². The van der Waals surface area contributed by atoms with Crippen LogP contribution in [-0.4, -0.2) is 47.9 Å². The van der Waals surface area contributed by atoms with E-state index in [1.807, 2.05) is 16.8 Å². The topological polar surface area (TPSA) is 106 Å². The van der Waals surface area contributed by atoms with Crippen LogP contribution in [0.25, 0.3) is 16.9 Å². The fraction of sp³-hybridized carbons (Fsp3) is 0.381. The highest BCUT2D eigenvalue weighted by Crippen LogP contribution is 2.57. The first-order chi connectivity index (χ1) is 14.0. The lowest BCUT2D eigenvalue weighted by atomic mass is 10.1. The third-order valence-electron chi connectivity index (χ3n) is 5.68. The second-order valence-electron chi connectivity index (χ2n) is 8.46. The molecule has 2 atom stereocenters. The van der Waals surface area contributed by atoms with Crippen LogP contribution < -0.4 is 5.32 Å². The number of carbonyl (C=O) groups is 1. The van der Waals surface area contributed by atoms with Gasteiger partial charge >= 0.3 is 0 Å². The van der Waals surface area contributed by atoms with Gasteiger partial charge in [-0.1, -0.05) is 0 Å². The van der Waals surface area contributed by atoms with Crippen molar-refractivity contribution in [3.05, 3.63) is 54.0 Å². The maximum absolute atomic E-state index is 12.9. The number of rotatable bonds is 5. The van der Waals surface area contributed by atoms with Gasteiger partial charge < -0.3 is 10.4 Å². The van der Waals surface area contributed by atoms with Gasteiger partial charge in [-0.15, -0.1) is 0 Å². The zero-order valence-corrected chi connectivity index (χ0v) is 16.3. The minimum absolute atomic E-state index is 0.140. The van der Waals surface area contributed by atoms with Crippen LogP contribution in [0.4, 0.5) is 0 Å². The maximum Gasteiger partial charge on any atom is 0.272 e. The van der Waals surface area contributed by atoms with Gasteiger partial charge in [-0.3, -0.25) is 4.79 Å². The third-order valence-corrected chi connectivity index (χ3v) is 5.68. The summed E-state index contributed by atoms with van der Waals surface area (Å²) in [6.45, 7) is 3.43. The van der Waals surface area contributed by atoms with Crippen LogP contribution in [0.5, 0.6) is 0 Å². The second-order valence-corrected chi connectivity index (χ2v) is 8.46. The lowest BCUT2D eigenvalue weighted by Gasteiger charge is -2.23. The van der Waals surface area contributed by atoms with Crippen molar-refractivity contribution in [1.82, 2.24) is 30.0 Å². The van der Waals surface area contributed by atoms with E-state index in [9.17, 15) is 9.90 Å². The summed E-state index contributed by atoms with van der Waals surface area (Å²) >= 11 is 0. The zero-order chi connectivity index (χ0) is 20.2. The first kappa shape index (κ1) is 17.9. The number of nitrogens with zero attached hydrogens (tertiary/aromatic N) is 5. The number of hydrogen-bond donors (Lipinski definition) is 2. The van der Waals surface area contributed by atoms with Crippen LogP contribution in [0.2, 0.25) is 0 Å². The smallest absolute Gasteiger partial charge is 0.272 e. The van der Waals surface area contributed by atoms with Crippen molar-refractivity contribution in [3.63, 3.8) is 0 Å². The highest BCUT2D eigenvalue weighted by molar-refractivity contribution is 5.95. The Hall–Kier alpha value is -3.13. The average Bonchev–Trinajstić information content (AvgIpc) is 3.23. The molecule has 3 heterocycles. The molecular weight excluding hydrogens is 368 g/mol. The van der Waals surface area contributed by atoms with Gasteiger partial charge in [0, 0.05) is 41.2 Å². The van der Waals surface area contributed by atoms with E-state index in [1.54, 1.807) is 32.4 Å². The van der Waals surface area contributed by atoms with Crippen molar-refractivity contribution in [2.75, 3.05) is 6.61 Å². The Labute approximate surface area is 168 Å². The standard InChI is InChI=1S/C21H22N6O2/c1-21(2,10-28)25-20(29)18-16-6-13-5-15(13)19(16)27(26-18)17-4-3-12(9-24-17)14-7-22-11-23-8-14/h3-4,7-9,11,13,15,28H,5-6,10H2,1-2H3,(H,25,29)/t13-,15-/m0/s1. The molecule has 3 aromatic heterocycles. The number of nitrogens with one attached hydrogen (secondary N) is 1. The fourth-order valence-electron chi connectivity index (χ4n) is 4.01. The molecule has 1 amide bonds. The summed E-state index contributed by atoms with van der Waals surface area (Å²) in [5, 5.41) is 17.0. The number of pyridine rings is 1. The molecular formula is C21H22N6O2. The van der Waals surface area contributed by atoms with Crippen LogP contribution in [-0.2, 0) is 6.42 Å². The van der Waals surface area contributed by atoms with Gasteiger partial charge in [-0.25, -0.2) is 19.6 Å². The maximum atomic E-state index is 12.9. The Morgan fingerprint density at radius 2 is 2.03 bits per heavy atom. The fourth-order valence-corrected chi connectivity index (χ4v) is 4.01. The van der Waals surface area contributed by atoms with Gasteiger partial charge in [-0.2, -0.15) is 5.10 Å². The van der Waals surface area contributed by atoms with Crippen molar-refractivity contribution in [2.45, 2.75) is 38.1 Å². The van der Waals surface area contributed by atoms with E-state index in [1.165, 1.54) is 6.33 Å². The van der Waals surface area contributed by atoms with E-state index in [4.69, 9.17) is 0 Å². The van der Waals surface area contributed by atoms with Crippen molar-refractivity contribution in [2.24, 2.45) is 5.92 Å². The van der Waals surface area contributed by atoms with Crippen LogP contribution in [0.1, 0.15) is 47.9 Å². The van der Waals surface area contributed by atoms with Gasteiger partial charge in [0.05, 0.1) is 17.8 Å². The van der Waals surface area contributed by atoms with E-state index >= 15 is 0 Å². The Kier molecular flexibility index (Phi) is 3.99. The SMILES string of the molecule is CC(C)(CO)NC(=O)c1nn(-c2ccc(-c3cncnc3)cn2)c2c1C[C@@H]1C[C@H]21. The van der Waals surface area contributed by atoms with E-state index in [0.29, 0.717) is 23.3 Å². The summed E-state index contributed by atoms with van der Waals surface area (Å²) in [4.78, 5) is 25.5. The number of aliphatic hydroxyl groups is 1. The monoisotopic (exact) mass is 390 g/mol. The van der Waals surface area contributed by atoms with Crippen molar-refractivity contribution >= 4 is 5.91 Å². The minimum atomic E-state index is -0.701. The molecule has 8 heteroatoms. The van der Waals surface area contributed by atoms with E-state index in [0.717, 1.165) is 35.2 Å². The number of amides is 1. The van der Waals surface area contributed by atoms with Crippen molar-refractivity contribution in [3.8, 4) is 16.9 Å². The summed E-state index contributed by atoms with van der Waals surface area (Å²) in [5.41, 5.74) is 3.67. The molecule has 148 valence electrons. The molecule has 29 heavy (non-hydrogen) atoms. The highest BCUT2D eigenvalue weighted by Gasteiger charge is 2.50. The van der Waals surface area contributed by atoms with Gasteiger partial charge in [-0.05, 0) is 44.7 Å². The molecule has 1 fully saturated rings. The predicted molar refractivity (Wildman–Crippen MR) is 106 cm³/mol. The predicted octanol–water partition coefficient (Wildman–Crippen LogP) is 1.88. The first-order valence-electron chi connectivity index (χ1n) is 9.74. The average molecular weight is 390 g/mol. The number of carbonyl (C=O) groups excluding carboxylic acids is 1. The molecule has 0 saturated heterocycles. The summed E-state index contributed by atoms with van der Waals surface area (Å²) in [7, 11) is 0. The van der Waals surface area contributed by atoms with Crippen LogP contribution in [0, 0.1) is 5.92 Å². The van der Waals surface area contributed by atoms with Crippen molar-refractivity contribution < 1.29 is 9.90 Å². The molecule has 0 unspecified atom stereocenters. The summed E-state index contributed by atoms with van der Waals surface area (Å²) in [6, 6.07) is 3.87. The van der Waals surface area contributed by atoms with Gasteiger partial charge in [0.25, 0.3) is 5.91 Å². The number of hydrogen-bond acceptors (Lipinski definition) is 6. The Morgan fingerprint density at radius 3 is 2.72 bits per heavy atom. The number of fused-ring (bicyclic) bond motifs is 3. The molecule has 5 rings (SSSR count). The lowest BCUT2D eigenvalue weighted by Crippen LogP contribution is -2.46. The lowest BCUT2D eigenvalue weighted by molar-refractivity contribution is 0.0863. The Balaban J connectivity index is 1.51. The van der Waals surface area contributed by atoms with E-state index < -0.39 is 5.54 Å². The molecule has 3 aromatic rings. The molecule has 0 spiro atoms. The first-order valence-corrected chi connectivity index (χ1v) is 9.74. The van der Waals surface area contributed by atoms with Gasteiger partial charge in [0.1, 0.15) is 6.33 Å². The number of aromatic nitrogens is 5. The number of aliphatic hydroxyl groups excluding tert-OH is 1. The van der Waals surface area contributed by atoms with Crippen LogP contribution >= 0.6 is 0 Å². The Bertz CT molecular complexity index is 1070. The highest BCUT2D eigenvalue weighted by atomic mass is 16.3. The van der Waals surface area contributed by atoms with Gasteiger partial charge in [0.15, 0.2) is 11.5 Å². The molecule has 0 aliphatic heterocycles. The van der Waals surface area contributed by atoms with Crippen LogP contribution in [0.3, 0.4) is 0 Å². The molecule has 2 aliphatic carbocycles. The summed E-state index contributed by atoms with van der Waals surface area (Å²) < 4.78 is 1.82. The van der Waals surface area contributed by atoms with E-state index in [-0.39, 0.29) is 12.5 Å². The summed E-state index contributed by atoms with van der Waals surface area (Å²) in [6.07, 6.45) is 8.78. The molecule has 8 nitrogen and oxygen atoms in total. The van der Waals surface area contributed by atoms with Crippen LogP contribution in [0.15, 0.2) is 37.1 Å². The summed E-state index contributed by atoms with van der Waals surface area (Å²) in [5.74, 6) is 1.49. The molecule has 1 saturated carbocycles. The second kappa shape index (κ2) is 6.45. The largest absolute Gasteiger partial charge is 0.394 e. The normalized spacial score (nSPS) is 19.6. The Morgan fingerprint density at radius 1 is 1.24 bits per heavy atom. The van der Waals surface area contributed by atoms with Crippen molar-refractivity contribution in [1.29, 1.82) is 0 Å². The molecule has 2 aliphatic rings. The molecule has 2 N–H and O–H groups in total. The third kappa shape index (κ3) is 3.09.